The van der Waals surface area contributed by atoms with Crippen LogP contribution in [-0.4, -0.2) is 24.0 Å². The Bertz CT molecular complexity index is 456. The van der Waals surface area contributed by atoms with Crippen molar-refractivity contribution in [3.8, 4) is 11.8 Å². The van der Waals surface area contributed by atoms with Gasteiger partial charge in [-0.05, 0) is 37.0 Å². The third-order valence-electron chi connectivity index (χ3n) is 3.56. The fourth-order valence-corrected chi connectivity index (χ4v) is 2.74. The van der Waals surface area contributed by atoms with E-state index >= 15 is 0 Å². The predicted molar refractivity (Wildman–Crippen MR) is 76.0 cm³/mol. The van der Waals surface area contributed by atoms with Crippen LogP contribution >= 0.6 is 0 Å². The van der Waals surface area contributed by atoms with E-state index in [-0.39, 0.29) is 0 Å². The van der Waals surface area contributed by atoms with E-state index in [1.807, 2.05) is 6.07 Å². The molecule has 0 amide bonds. The molecule has 2 nitrogen and oxygen atoms in total. The highest BCUT2D eigenvalue weighted by Gasteiger charge is 2.25. The van der Waals surface area contributed by atoms with Gasteiger partial charge in [-0.2, -0.15) is 0 Å². The van der Waals surface area contributed by atoms with Crippen LogP contribution in [0.15, 0.2) is 24.3 Å². The molecule has 2 unspecified atom stereocenters. The molecular weight excluding hydrogens is 220 g/mol. The van der Waals surface area contributed by atoms with Gasteiger partial charge >= 0.3 is 0 Å². The molecule has 1 saturated heterocycles. The summed E-state index contributed by atoms with van der Waals surface area (Å²) in [5, 5.41) is 0. The van der Waals surface area contributed by atoms with Crippen LogP contribution in [0.4, 0.5) is 0 Å². The molecule has 0 aromatic heterocycles. The van der Waals surface area contributed by atoms with Crippen molar-refractivity contribution in [2.24, 2.45) is 11.7 Å². The number of hydrogen-bond acceptors (Lipinski definition) is 2. The molecule has 0 aliphatic carbocycles. The summed E-state index contributed by atoms with van der Waals surface area (Å²) in [6, 6.07) is 9.18. The van der Waals surface area contributed by atoms with Crippen molar-refractivity contribution in [2.75, 3.05) is 13.1 Å². The Morgan fingerprint density at radius 1 is 1.39 bits per heavy atom. The first kappa shape index (κ1) is 13.1. The largest absolute Gasteiger partial charge is 0.320 e. The van der Waals surface area contributed by atoms with Gasteiger partial charge in [0.1, 0.15) is 0 Å². The summed E-state index contributed by atoms with van der Waals surface area (Å²) < 4.78 is 0. The van der Waals surface area contributed by atoms with E-state index in [2.05, 4.69) is 48.8 Å². The molecule has 96 valence electrons. The van der Waals surface area contributed by atoms with Gasteiger partial charge in [0.15, 0.2) is 0 Å². The minimum absolute atomic E-state index is 0.422. The van der Waals surface area contributed by atoms with E-state index in [4.69, 9.17) is 5.73 Å². The average molecular weight is 242 g/mol. The standard InChI is InChI=1S/C16H22N2/c1-13-9-14(2)18(11-13)12-16-6-3-5-15(10-16)7-4-8-17/h3,5-6,10,13-14H,8-9,11-12,17H2,1-2H3. The molecule has 2 atom stereocenters. The Kier molecular flexibility index (Phi) is 4.41. The quantitative estimate of drug-likeness (QED) is 0.806. The maximum atomic E-state index is 5.40. The van der Waals surface area contributed by atoms with Crippen LogP contribution < -0.4 is 5.73 Å². The van der Waals surface area contributed by atoms with Crippen LogP contribution in [0, 0.1) is 17.8 Å². The van der Waals surface area contributed by atoms with Gasteiger partial charge in [0.2, 0.25) is 0 Å². The molecule has 2 N–H and O–H groups in total. The molecule has 1 aliphatic rings. The molecule has 1 aromatic carbocycles. The Labute approximate surface area is 110 Å². The zero-order chi connectivity index (χ0) is 13.0. The zero-order valence-electron chi connectivity index (χ0n) is 11.3. The number of rotatable bonds is 2. The van der Waals surface area contributed by atoms with Crippen molar-refractivity contribution in [1.82, 2.24) is 4.90 Å². The number of nitrogens with two attached hydrogens (primary N) is 1. The molecule has 2 heteroatoms. The fraction of sp³-hybridized carbons (Fsp3) is 0.500. The molecule has 1 heterocycles. The van der Waals surface area contributed by atoms with E-state index in [0.717, 1.165) is 18.0 Å². The van der Waals surface area contributed by atoms with E-state index in [9.17, 15) is 0 Å². The fourth-order valence-electron chi connectivity index (χ4n) is 2.74. The average Bonchev–Trinajstić information content (AvgIpc) is 2.66. The SMILES string of the molecule is CC1CC(C)N(Cc2cccc(C#CCN)c2)C1. The van der Waals surface area contributed by atoms with Gasteiger partial charge in [-0.25, -0.2) is 0 Å². The molecule has 18 heavy (non-hydrogen) atoms. The second kappa shape index (κ2) is 6.04. The third-order valence-corrected chi connectivity index (χ3v) is 3.56. The lowest BCUT2D eigenvalue weighted by atomic mass is 10.1. The maximum Gasteiger partial charge on any atom is 0.0555 e. The highest BCUT2D eigenvalue weighted by Crippen LogP contribution is 2.24. The third kappa shape index (κ3) is 3.35. The predicted octanol–water partition coefficient (Wildman–Crippen LogP) is 2.23. The Morgan fingerprint density at radius 2 is 2.22 bits per heavy atom. The lowest BCUT2D eigenvalue weighted by Crippen LogP contribution is -2.26. The summed E-state index contributed by atoms with van der Waals surface area (Å²) in [6.07, 6.45) is 1.31. The topological polar surface area (TPSA) is 29.3 Å². The van der Waals surface area contributed by atoms with Crippen LogP contribution in [0.2, 0.25) is 0 Å². The second-order valence-electron chi connectivity index (χ2n) is 5.33. The maximum absolute atomic E-state index is 5.40. The molecule has 2 rings (SSSR count). The van der Waals surface area contributed by atoms with Crippen molar-refractivity contribution in [3.63, 3.8) is 0 Å². The van der Waals surface area contributed by atoms with Crippen molar-refractivity contribution in [2.45, 2.75) is 32.9 Å². The van der Waals surface area contributed by atoms with Gasteiger partial charge in [-0.15, -0.1) is 0 Å². The molecule has 1 aromatic rings. The van der Waals surface area contributed by atoms with Crippen LogP contribution in [-0.2, 0) is 6.54 Å². The van der Waals surface area contributed by atoms with Crippen molar-refractivity contribution in [1.29, 1.82) is 0 Å². The molecule has 0 radical (unpaired) electrons. The summed E-state index contributed by atoms with van der Waals surface area (Å²) in [5.41, 5.74) is 7.81. The van der Waals surface area contributed by atoms with Gasteiger partial charge in [0, 0.05) is 24.7 Å². The minimum atomic E-state index is 0.422. The molecule has 1 aliphatic heterocycles. The van der Waals surface area contributed by atoms with Crippen molar-refractivity contribution >= 4 is 0 Å². The molecular formula is C16H22N2. The van der Waals surface area contributed by atoms with Crippen molar-refractivity contribution in [3.05, 3.63) is 35.4 Å². The van der Waals surface area contributed by atoms with Crippen LogP contribution in [0.25, 0.3) is 0 Å². The first-order valence-electron chi connectivity index (χ1n) is 6.71. The monoisotopic (exact) mass is 242 g/mol. The molecule has 0 spiro atoms. The van der Waals surface area contributed by atoms with Crippen LogP contribution in [0.3, 0.4) is 0 Å². The van der Waals surface area contributed by atoms with Crippen LogP contribution in [0.1, 0.15) is 31.4 Å². The van der Waals surface area contributed by atoms with E-state index < -0.39 is 0 Å². The number of likely N-dealkylation sites (tertiary alicyclic amines) is 1. The van der Waals surface area contributed by atoms with Gasteiger partial charge in [-0.3, -0.25) is 4.90 Å². The zero-order valence-corrected chi connectivity index (χ0v) is 11.3. The number of benzene rings is 1. The smallest absolute Gasteiger partial charge is 0.0555 e. The van der Waals surface area contributed by atoms with Gasteiger partial charge in [0.05, 0.1) is 6.54 Å². The number of hydrogen-bond donors (Lipinski definition) is 1. The Morgan fingerprint density at radius 3 is 2.89 bits per heavy atom. The molecule has 0 bridgehead atoms. The Balaban J connectivity index is 2.05. The summed E-state index contributed by atoms with van der Waals surface area (Å²) in [4.78, 5) is 2.56. The minimum Gasteiger partial charge on any atom is -0.320 e. The first-order valence-corrected chi connectivity index (χ1v) is 6.71. The van der Waals surface area contributed by atoms with E-state index in [0.29, 0.717) is 12.6 Å². The van der Waals surface area contributed by atoms with E-state index in [1.54, 1.807) is 0 Å². The van der Waals surface area contributed by atoms with E-state index in [1.165, 1.54) is 18.5 Å². The molecule has 1 fully saturated rings. The van der Waals surface area contributed by atoms with Crippen molar-refractivity contribution < 1.29 is 0 Å². The first-order chi connectivity index (χ1) is 8.69. The van der Waals surface area contributed by atoms with Gasteiger partial charge in [-0.1, -0.05) is 30.9 Å². The highest BCUT2D eigenvalue weighted by molar-refractivity contribution is 5.37. The van der Waals surface area contributed by atoms with Crippen LogP contribution in [0.5, 0.6) is 0 Å². The summed E-state index contributed by atoms with van der Waals surface area (Å²) >= 11 is 0. The van der Waals surface area contributed by atoms with Gasteiger partial charge in [0.25, 0.3) is 0 Å². The normalized spacial score (nSPS) is 23.7. The van der Waals surface area contributed by atoms with Gasteiger partial charge < -0.3 is 5.73 Å². The molecule has 0 saturated carbocycles. The summed E-state index contributed by atoms with van der Waals surface area (Å²) in [6.45, 7) is 7.32. The lowest BCUT2D eigenvalue weighted by Gasteiger charge is -2.21. The number of nitrogens with zero attached hydrogens (tertiary/aromatic N) is 1. The lowest BCUT2D eigenvalue weighted by molar-refractivity contribution is 0.256. The summed E-state index contributed by atoms with van der Waals surface area (Å²) in [5.74, 6) is 6.82. The summed E-state index contributed by atoms with van der Waals surface area (Å²) in [7, 11) is 0. The highest BCUT2D eigenvalue weighted by atomic mass is 15.2. The second-order valence-corrected chi connectivity index (χ2v) is 5.33. The Hall–Kier alpha value is -1.30.